The van der Waals surface area contributed by atoms with Crippen LogP contribution in [-0.2, 0) is 0 Å². The van der Waals surface area contributed by atoms with E-state index >= 15 is 0 Å². The molecule has 7 nitrogen and oxygen atoms in total. The first kappa shape index (κ1) is 18.7. The van der Waals surface area contributed by atoms with Crippen molar-refractivity contribution in [1.82, 2.24) is 15.3 Å². The van der Waals surface area contributed by atoms with Gasteiger partial charge in [-0.1, -0.05) is 18.2 Å². The fourth-order valence-corrected chi connectivity index (χ4v) is 3.32. The number of thioether (sulfide) groups is 1. The van der Waals surface area contributed by atoms with Gasteiger partial charge in [0, 0.05) is 18.5 Å². The molecule has 0 spiro atoms. The van der Waals surface area contributed by atoms with Crippen LogP contribution >= 0.6 is 11.8 Å². The van der Waals surface area contributed by atoms with Gasteiger partial charge in [-0.25, -0.2) is 15.0 Å². The van der Waals surface area contributed by atoms with Crippen molar-refractivity contribution in [3.05, 3.63) is 77.5 Å². The Morgan fingerprint density at radius 1 is 1.03 bits per heavy atom. The first-order valence-electron chi connectivity index (χ1n) is 8.68. The van der Waals surface area contributed by atoms with Gasteiger partial charge < -0.3 is 14.8 Å². The van der Waals surface area contributed by atoms with Crippen LogP contribution in [-0.4, -0.2) is 28.2 Å². The van der Waals surface area contributed by atoms with Crippen molar-refractivity contribution in [2.24, 2.45) is 4.99 Å². The Labute approximate surface area is 171 Å². The molecule has 8 heteroatoms. The van der Waals surface area contributed by atoms with Crippen molar-refractivity contribution in [3.8, 4) is 17.5 Å². The van der Waals surface area contributed by atoms with E-state index in [1.165, 1.54) is 0 Å². The highest BCUT2D eigenvalue weighted by molar-refractivity contribution is 8.18. The van der Waals surface area contributed by atoms with Crippen molar-refractivity contribution in [1.29, 1.82) is 0 Å². The zero-order valence-electron chi connectivity index (χ0n) is 15.4. The highest BCUT2D eigenvalue weighted by Gasteiger charge is 2.23. The predicted molar refractivity (Wildman–Crippen MR) is 113 cm³/mol. The summed E-state index contributed by atoms with van der Waals surface area (Å²) in [6.07, 6.45) is 5.10. The standard InChI is InChI=1S/C21H16N4O3S/c1-27-16-7-3-6-15(13-16)24-19-18(29-21(26)25-19)12-14-5-2-8-17(11-14)28-20-22-9-4-10-23-20/h2-13H,1H3,(H,24,25,26)/b18-12-. The van der Waals surface area contributed by atoms with Crippen molar-refractivity contribution in [2.45, 2.75) is 0 Å². The van der Waals surface area contributed by atoms with E-state index in [2.05, 4.69) is 20.3 Å². The molecule has 1 aromatic heterocycles. The van der Waals surface area contributed by atoms with Crippen molar-refractivity contribution < 1.29 is 14.3 Å². The van der Waals surface area contributed by atoms with Gasteiger partial charge in [0.15, 0.2) is 0 Å². The monoisotopic (exact) mass is 404 g/mol. The minimum atomic E-state index is -0.178. The molecule has 1 fully saturated rings. The van der Waals surface area contributed by atoms with Gasteiger partial charge in [0.05, 0.1) is 17.7 Å². The molecule has 1 aliphatic heterocycles. The molecule has 0 unspecified atom stereocenters. The van der Waals surface area contributed by atoms with Crippen molar-refractivity contribution >= 4 is 34.6 Å². The quantitative estimate of drug-likeness (QED) is 0.657. The molecule has 1 amide bonds. The van der Waals surface area contributed by atoms with Crippen LogP contribution in [0, 0.1) is 0 Å². The fourth-order valence-electron chi connectivity index (χ4n) is 2.58. The third-order valence-corrected chi connectivity index (χ3v) is 4.68. The Balaban J connectivity index is 1.61. The highest BCUT2D eigenvalue weighted by atomic mass is 32.2. The molecule has 0 atom stereocenters. The minimum absolute atomic E-state index is 0.178. The number of benzene rings is 2. The summed E-state index contributed by atoms with van der Waals surface area (Å²) >= 11 is 1.09. The number of ether oxygens (including phenoxy) is 2. The van der Waals surface area contributed by atoms with Crippen LogP contribution in [0.4, 0.5) is 10.5 Å². The van der Waals surface area contributed by atoms with Crippen LogP contribution in [0.3, 0.4) is 0 Å². The molecule has 0 bridgehead atoms. The van der Waals surface area contributed by atoms with E-state index in [0.717, 1.165) is 17.3 Å². The van der Waals surface area contributed by atoms with Gasteiger partial charge in [0.2, 0.25) is 0 Å². The minimum Gasteiger partial charge on any atom is -0.497 e. The molecule has 1 aliphatic rings. The number of aliphatic imine (C=N–C) groups is 1. The van der Waals surface area contributed by atoms with E-state index in [1.807, 2.05) is 48.5 Å². The number of amides is 1. The van der Waals surface area contributed by atoms with Crippen LogP contribution in [0.1, 0.15) is 5.56 Å². The topological polar surface area (TPSA) is 85.7 Å². The van der Waals surface area contributed by atoms with Crippen molar-refractivity contribution in [3.63, 3.8) is 0 Å². The second kappa shape index (κ2) is 8.57. The predicted octanol–water partition coefficient (Wildman–Crippen LogP) is 4.81. The molecule has 29 heavy (non-hydrogen) atoms. The number of aromatic nitrogens is 2. The van der Waals surface area contributed by atoms with Crippen LogP contribution in [0.5, 0.6) is 17.5 Å². The zero-order valence-corrected chi connectivity index (χ0v) is 16.2. The Morgan fingerprint density at radius 3 is 2.66 bits per heavy atom. The van der Waals surface area contributed by atoms with Crippen LogP contribution in [0.2, 0.25) is 0 Å². The third-order valence-electron chi connectivity index (χ3n) is 3.86. The number of rotatable bonds is 5. The van der Waals surface area contributed by atoms with Gasteiger partial charge >= 0.3 is 6.01 Å². The van der Waals surface area contributed by atoms with Gasteiger partial charge in [0.25, 0.3) is 5.24 Å². The Bertz CT molecular complexity index is 1100. The second-order valence-corrected chi connectivity index (χ2v) is 6.91. The number of hydrogen-bond acceptors (Lipinski definition) is 7. The van der Waals surface area contributed by atoms with E-state index in [1.54, 1.807) is 31.6 Å². The molecule has 4 rings (SSSR count). The normalized spacial score (nSPS) is 16.1. The van der Waals surface area contributed by atoms with E-state index < -0.39 is 0 Å². The summed E-state index contributed by atoms with van der Waals surface area (Å²) < 4.78 is 10.9. The lowest BCUT2D eigenvalue weighted by Gasteiger charge is -2.05. The SMILES string of the molecule is COc1cccc(N=C2NC(=O)S/C2=C\c2cccc(Oc3ncccn3)c2)c1. The molecule has 0 saturated carbocycles. The van der Waals surface area contributed by atoms with E-state index in [9.17, 15) is 4.79 Å². The first-order valence-corrected chi connectivity index (χ1v) is 9.50. The summed E-state index contributed by atoms with van der Waals surface area (Å²) in [7, 11) is 1.60. The number of hydrogen-bond donors (Lipinski definition) is 1. The largest absolute Gasteiger partial charge is 0.497 e. The molecule has 0 radical (unpaired) electrons. The molecule has 144 valence electrons. The van der Waals surface area contributed by atoms with Gasteiger partial charge in [0.1, 0.15) is 17.3 Å². The molecular formula is C21H16N4O3S. The van der Waals surface area contributed by atoms with E-state index in [4.69, 9.17) is 9.47 Å². The van der Waals surface area contributed by atoms with Gasteiger partial charge in [-0.2, -0.15) is 0 Å². The number of amidine groups is 1. The summed E-state index contributed by atoms with van der Waals surface area (Å²) in [6, 6.07) is 16.7. The molecule has 2 heterocycles. The summed E-state index contributed by atoms with van der Waals surface area (Å²) in [4.78, 5) is 25.3. The Hall–Kier alpha value is -3.65. The lowest BCUT2D eigenvalue weighted by atomic mass is 10.2. The number of carbonyl (C=O) groups excluding carboxylic acids is 1. The fraction of sp³-hybridized carbons (Fsp3) is 0.0476. The summed E-state index contributed by atoms with van der Waals surface area (Å²) in [5.74, 6) is 1.78. The van der Waals surface area contributed by atoms with Crippen LogP contribution in [0.15, 0.2) is 76.9 Å². The van der Waals surface area contributed by atoms with Gasteiger partial charge in [-0.05, 0) is 53.7 Å². The lowest BCUT2D eigenvalue weighted by Crippen LogP contribution is -2.18. The summed E-state index contributed by atoms with van der Waals surface area (Å²) in [5, 5.41) is 2.60. The number of methoxy groups -OCH3 is 1. The summed E-state index contributed by atoms with van der Waals surface area (Å²) in [5.41, 5.74) is 1.54. The average molecular weight is 404 g/mol. The lowest BCUT2D eigenvalue weighted by molar-refractivity contribution is 0.265. The molecule has 2 aromatic carbocycles. The summed E-state index contributed by atoms with van der Waals surface area (Å²) in [6.45, 7) is 0. The Kier molecular flexibility index (Phi) is 5.53. The van der Waals surface area contributed by atoms with Crippen LogP contribution in [0.25, 0.3) is 6.08 Å². The maximum Gasteiger partial charge on any atom is 0.321 e. The number of carbonyl (C=O) groups is 1. The number of nitrogens with zero attached hydrogens (tertiary/aromatic N) is 3. The van der Waals surface area contributed by atoms with E-state index in [-0.39, 0.29) is 11.2 Å². The second-order valence-electron chi connectivity index (χ2n) is 5.89. The zero-order chi connectivity index (χ0) is 20.1. The first-order chi connectivity index (χ1) is 14.2. The Morgan fingerprint density at radius 2 is 1.83 bits per heavy atom. The van der Waals surface area contributed by atoms with Gasteiger partial charge in [-0.15, -0.1) is 0 Å². The van der Waals surface area contributed by atoms with Gasteiger partial charge in [-0.3, -0.25) is 4.79 Å². The number of nitrogens with one attached hydrogen (secondary N) is 1. The average Bonchev–Trinajstić information content (AvgIpc) is 3.07. The third kappa shape index (κ3) is 4.80. The maximum atomic E-state index is 11.9. The van der Waals surface area contributed by atoms with E-state index in [0.29, 0.717) is 27.9 Å². The molecule has 0 aliphatic carbocycles. The molecular weight excluding hydrogens is 388 g/mol. The highest BCUT2D eigenvalue weighted by Crippen LogP contribution is 2.30. The molecule has 1 N–H and O–H groups in total. The maximum absolute atomic E-state index is 11.9. The smallest absolute Gasteiger partial charge is 0.321 e. The van der Waals surface area contributed by atoms with Crippen molar-refractivity contribution in [2.75, 3.05) is 7.11 Å². The molecule has 1 saturated heterocycles. The molecule has 3 aromatic rings. The van der Waals surface area contributed by atoms with Crippen LogP contribution < -0.4 is 14.8 Å².